The number of anilines is 3. The third-order valence-electron chi connectivity index (χ3n) is 9.59. The zero-order valence-corrected chi connectivity index (χ0v) is 22.4. The zero-order chi connectivity index (χ0) is 25.6. The predicted molar refractivity (Wildman–Crippen MR) is 148 cm³/mol. The van der Waals surface area contributed by atoms with E-state index in [9.17, 15) is 10.2 Å². The molecule has 8 heteroatoms. The first-order valence-corrected chi connectivity index (χ1v) is 14.3. The normalized spacial score (nSPS) is 27.3. The van der Waals surface area contributed by atoms with Gasteiger partial charge in [-0.1, -0.05) is 19.4 Å². The number of hydrogen-bond donors (Lipinski definition) is 3. The van der Waals surface area contributed by atoms with Crippen LogP contribution in [0.1, 0.15) is 70.1 Å². The average Bonchev–Trinajstić information content (AvgIpc) is 2.89. The number of aliphatic hydroxyl groups is 2. The van der Waals surface area contributed by atoms with Gasteiger partial charge in [0.05, 0.1) is 6.10 Å². The highest BCUT2D eigenvalue weighted by Gasteiger charge is 2.39. The second-order valence-corrected chi connectivity index (χ2v) is 11.8. The maximum Gasteiger partial charge on any atom is 0.224 e. The Balaban J connectivity index is 1.34. The molecular formula is C29H42N6O2. The monoisotopic (exact) mass is 506 g/mol. The zero-order valence-electron chi connectivity index (χ0n) is 22.4. The second-order valence-electron chi connectivity index (χ2n) is 11.8. The largest absolute Gasteiger partial charge is 0.393 e. The Kier molecular flexibility index (Phi) is 6.75. The summed E-state index contributed by atoms with van der Waals surface area (Å²) in [7, 11) is 2.17. The van der Waals surface area contributed by atoms with E-state index in [1.54, 1.807) is 0 Å². The number of nitrogens with zero attached hydrogens (tertiary/aromatic N) is 5. The van der Waals surface area contributed by atoms with Crippen molar-refractivity contribution in [3.8, 4) is 11.1 Å². The molecule has 200 valence electrons. The van der Waals surface area contributed by atoms with E-state index < -0.39 is 6.23 Å². The van der Waals surface area contributed by atoms with Crippen LogP contribution in [0, 0.1) is 5.41 Å². The van der Waals surface area contributed by atoms with Crippen LogP contribution in [-0.2, 0) is 0 Å². The molecule has 1 aromatic carbocycles. The number of rotatable bonds is 6. The van der Waals surface area contributed by atoms with E-state index in [1.807, 2.05) is 6.20 Å². The fraction of sp³-hybridized carbons (Fsp3) is 0.655. The number of nitrogens with one attached hydrogen (secondary N) is 1. The van der Waals surface area contributed by atoms with Gasteiger partial charge < -0.3 is 30.2 Å². The minimum atomic E-state index is -0.772. The molecule has 3 N–H and O–H groups in total. The summed E-state index contributed by atoms with van der Waals surface area (Å²) >= 11 is 0. The SMILES string of the molecule is CCC1(CNc2ncc3c(n2)N(C2CCC(O)CC2)C(O)c2cc(N4CCN(C)CC4)ccc2-3)CCC1. The van der Waals surface area contributed by atoms with Crippen molar-refractivity contribution in [2.45, 2.75) is 76.7 Å². The van der Waals surface area contributed by atoms with Gasteiger partial charge in [-0.25, -0.2) is 4.98 Å². The van der Waals surface area contributed by atoms with Crippen molar-refractivity contribution >= 4 is 17.5 Å². The molecule has 0 amide bonds. The minimum absolute atomic E-state index is 0.133. The Labute approximate surface area is 220 Å². The number of likely N-dealkylation sites (N-methyl/N-ethyl adjacent to an activating group) is 1. The molecule has 1 saturated heterocycles. The third-order valence-corrected chi connectivity index (χ3v) is 9.59. The topological polar surface area (TPSA) is 88.0 Å². The molecule has 8 nitrogen and oxygen atoms in total. The highest BCUT2D eigenvalue weighted by molar-refractivity contribution is 5.83. The van der Waals surface area contributed by atoms with Crippen LogP contribution in [0.3, 0.4) is 0 Å². The summed E-state index contributed by atoms with van der Waals surface area (Å²) in [5.74, 6) is 1.45. The lowest BCUT2D eigenvalue weighted by atomic mass is 9.67. The summed E-state index contributed by atoms with van der Waals surface area (Å²) in [4.78, 5) is 16.6. The molecule has 0 bridgehead atoms. The van der Waals surface area contributed by atoms with Crippen molar-refractivity contribution in [2.24, 2.45) is 5.41 Å². The van der Waals surface area contributed by atoms with Crippen LogP contribution in [0.25, 0.3) is 11.1 Å². The Morgan fingerprint density at radius 1 is 1.03 bits per heavy atom. The van der Waals surface area contributed by atoms with Gasteiger partial charge in [-0.3, -0.25) is 0 Å². The molecule has 6 rings (SSSR count). The molecule has 0 radical (unpaired) electrons. The molecule has 2 aromatic rings. The Bertz CT molecular complexity index is 1100. The lowest BCUT2D eigenvalue weighted by Gasteiger charge is -2.44. The van der Waals surface area contributed by atoms with Gasteiger partial charge in [0, 0.05) is 61.8 Å². The van der Waals surface area contributed by atoms with Crippen LogP contribution >= 0.6 is 0 Å². The molecule has 0 spiro atoms. The minimum Gasteiger partial charge on any atom is -0.393 e. The summed E-state index contributed by atoms with van der Waals surface area (Å²) in [5.41, 5.74) is 4.46. The van der Waals surface area contributed by atoms with E-state index in [-0.39, 0.29) is 12.1 Å². The Morgan fingerprint density at radius 2 is 1.78 bits per heavy atom. The maximum absolute atomic E-state index is 11.8. The number of aliphatic hydroxyl groups excluding tert-OH is 2. The summed E-state index contributed by atoms with van der Waals surface area (Å²) in [5, 5.41) is 25.5. The van der Waals surface area contributed by atoms with Crippen LogP contribution in [0.15, 0.2) is 24.4 Å². The highest BCUT2D eigenvalue weighted by Crippen LogP contribution is 2.47. The van der Waals surface area contributed by atoms with E-state index in [0.717, 1.165) is 86.6 Å². The van der Waals surface area contributed by atoms with Crippen molar-refractivity contribution < 1.29 is 10.2 Å². The molecule has 2 aliphatic carbocycles. The molecule has 4 aliphatic rings. The summed E-state index contributed by atoms with van der Waals surface area (Å²) in [6.07, 6.45) is 9.13. The number of fused-ring (bicyclic) bond motifs is 3. The van der Waals surface area contributed by atoms with Gasteiger partial charge in [-0.15, -0.1) is 0 Å². The van der Waals surface area contributed by atoms with Crippen LogP contribution in [0.5, 0.6) is 0 Å². The molecule has 2 aliphatic heterocycles. The lowest BCUT2D eigenvalue weighted by Crippen LogP contribution is -2.45. The summed E-state index contributed by atoms with van der Waals surface area (Å²) < 4.78 is 0. The van der Waals surface area contributed by atoms with Crippen LogP contribution in [0.4, 0.5) is 17.5 Å². The van der Waals surface area contributed by atoms with Crippen molar-refractivity contribution in [3.63, 3.8) is 0 Å². The van der Waals surface area contributed by atoms with Crippen LogP contribution in [0.2, 0.25) is 0 Å². The number of benzene rings is 1. The van der Waals surface area contributed by atoms with Gasteiger partial charge >= 0.3 is 0 Å². The van der Waals surface area contributed by atoms with E-state index in [4.69, 9.17) is 9.97 Å². The second kappa shape index (κ2) is 10.0. The maximum atomic E-state index is 11.8. The van der Waals surface area contributed by atoms with Crippen LogP contribution in [-0.4, -0.2) is 77.0 Å². The standard InChI is InChI=1S/C29H42N6O2/c1-3-29(11-4-12-29)19-31-28-30-18-25-23-10-7-21(34-15-13-33(2)14-16-34)17-24(23)27(37)35(26(25)32-28)20-5-8-22(36)9-6-20/h7,10,17-18,20,22,27,36-37H,3-6,8-9,11-16,19H2,1-2H3,(H,30,31,32). The molecule has 1 aromatic heterocycles. The Hall–Kier alpha value is -2.42. The molecular weight excluding hydrogens is 464 g/mol. The summed E-state index contributed by atoms with van der Waals surface area (Å²) in [6.45, 7) is 7.24. The molecule has 37 heavy (non-hydrogen) atoms. The van der Waals surface area contributed by atoms with Gasteiger partial charge in [0.1, 0.15) is 5.82 Å². The first-order valence-electron chi connectivity index (χ1n) is 14.3. The van der Waals surface area contributed by atoms with Crippen molar-refractivity contribution in [3.05, 3.63) is 30.0 Å². The third kappa shape index (κ3) is 4.68. The average molecular weight is 507 g/mol. The Morgan fingerprint density at radius 3 is 2.46 bits per heavy atom. The molecule has 2 saturated carbocycles. The molecule has 3 fully saturated rings. The predicted octanol–water partition coefficient (Wildman–Crippen LogP) is 4.00. The van der Waals surface area contributed by atoms with Gasteiger partial charge in [0.2, 0.25) is 5.95 Å². The smallest absolute Gasteiger partial charge is 0.224 e. The van der Waals surface area contributed by atoms with Crippen molar-refractivity contribution in [1.82, 2.24) is 14.9 Å². The molecule has 1 unspecified atom stereocenters. The highest BCUT2D eigenvalue weighted by atomic mass is 16.3. The van der Waals surface area contributed by atoms with E-state index in [0.29, 0.717) is 11.4 Å². The lowest BCUT2D eigenvalue weighted by molar-refractivity contribution is 0.101. The fourth-order valence-electron chi connectivity index (χ4n) is 6.69. The fourth-order valence-corrected chi connectivity index (χ4v) is 6.69. The number of aromatic nitrogens is 2. The van der Waals surface area contributed by atoms with Gasteiger partial charge in [-0.2, -0.15) is 4.98 Å². The van der Waals surface area contributed by atoms with E-state index in [2.05, 4.69) is 52.2 Å². The first-order chi connectivity index (χ1) is 18.0. The number of piperazine rings is 1. The van der Waals surface area contributed by atoms with Crippen molar-refractivity contribution in [1.29, 1.82) is 0 Å². The number of hydrogen-bond acceptors (Lipinski definition) is 8. The quantitative estimate of drug-likeness (QED) is 0.542. The first kappa shape index (κ1) is 24.9. The van der Waals surface area contributed by atoms with Gasteiger partial charge in [-0.05, 0) is 75.1 Å². The molecule has 1 atom stereocenters. The van der Waals surface area contributed by atoms with E-state index >= 15 is 0 Å². The molecule has 3 heterocycles. The van der Waals surface area contributed by atoms with Crippen LogP contribution < -0.4 is 15.1 Å². The van der Waals surface area contributed by atoms with Gasteiger partial charge in [0.25, 0.3) is 0 Å². The summed E-state index contributed by atoms with van der Waals surface area (Å²) in [6, 6.07) is 6.63. The van der Waals surface area contributed by atoms with Gasteiger partial charge in [0.15, 0.2) is 6.23 Å². The van der Waals surface area contributed by atoms with Crippen molar-refractivity contribution in [2.75, 3.05) is 54.9 Å². The van der Waals surface area contributed by atoms with E-state index in [1.165, 1.54) is 25.7 Å².